The fourth-order valence-corrected chi connectivity index (χ4v) is 4.02. The van der Waals surface area contributed by atoms with Crippen LogP contribution in [-0.4, -0.2) is 51.9 Å². The molecular formula is C19H31N5O3. The molecule has 1 aromatic heterocycles. The van der Waals surface area contributed by atoms with Gasteiger partial charge in [-0.3, -0.25) is 4.79 Å². The highest BCUT2D eigenvalue weighted by Gasteiger charge is 2.24. The standard InChI is InChI=1S/C19H31N5O3/c1-2-27-15-8-6-12(7-9-15)23-19-21-11-16(17(20)26)18(24-19)22-13-4-3-5-14(25)10-13/h11-15,25H,2-10H2,1H3,(H2,20,26)(H2,21,22,23,24)/t12?,13-,14?,15?/m0/s1. The van der Waals surface area contributed by atoms with Crippen molar-refractivity contribution in [3.63, 3.8) is 0 Å². The number of nitrogens with zero attached hydrogens (tertiary/aromatic N) is 2. The monoisotopic (exact) mass is 377 g/mol. The topological polar surface area (TPSA) is 122 Å². The molecule has 0 bridgehead atoms. The predicted molar refractivity (Wildman–Crippen MR) is 104 cm³/mol. The second-order valence-corrected chi connectivity index (χ2v) is 7.56. The van der Waals surface area contributed by atoms with E-state index >= 15 is 0 Å². The molecule has 1 aromatic rings. The highest BCUT2D eigenvalue weighted by atomic mass is 16.5. The van der Waals surface area contributed by atoms with Crippen LogP contribution in [0, 0.1) is 0 Å². The molecule has 27 heavy (non-hydrogen) atoms. The highest BCUT2D eigenvalue weighted by molar-refractivity contribution is 5.97. The molecule has 1 unspecified atom stereocenters. The Morgan fingerprint density at radius 3 is 2.67 bits per heavy atom. The van der Waals surface area contributed by atoms with Crippen LogP contribution < -0.4 is 16.4 Å². The number of aliphatic hydroxyl groups is 1. The average molecular weight is 377 g/mol. The number of nitrogens with two attached hydrogens (primary N) is 1. The van der Waals surface area contributed by atoms with Crippen LogP contribution in [0.25, 0.3) is 0 Å². The van der Waals surface area contributed by atoms with E-state index in [0.717, 1.165) is 51.6 Å². The molecule has 1 heterocycles. The van der Waals surface area contributed by atoms with Gasteiger partial charge in [0, 0.05) is 24.9 Å². The van der Waals surface area contributed by atoms with Crippen molar-refractivity contribution in [3.8, 4) is 0 Å². The summed E-state index contributed by atoms with van der Waals surface area (Å²) in [7, 11) is 0. The van der Waals surface area contributed by atoms with E-state index in [4.69, 9.17) is 10.5 Å². The maximum Gasteiger partial charge on any atom is 0.254 e. The van der Waals surface area contributed by atoms with E-state index < -0.39 is 5.91 Å². The molecule has 2 aliphatic rings. The Morgan fingerprint density at radius 1 is 1.22 bits per heavy atom. The van der Waals surface area contributed by atoms with Crippen molar-refractivity contribution in [2.24, 2.45) is 5.73 Å². The second kappa shape index (κ2) is 9.32. The van der Waals surface area contributed by atoms with Crippen molar-refractivity contribution < 1.29 is 14.6 Å². The molecule has 2 atom stereocenters. The van der Waals surface area contributed by atoms with Crippen LogP contribution in [0.5, 0.6) is 0 Å². The zero-order valence-corrected chi connectivity index (χ0v) is 16.0. The van der Waals surface area contributed by atoms with Gasteiger partial charge in [-0.1, -0.05) is 0 Å². The van der Waals surface area contributed by atoms with Gasteiger partial charge in [0.1, 0.15) is 5.82 Å². The minimum Gasteiger partial charge on any atom is -0.393 e. The molecule has 8 heteroatoms. The third kappa shape index (κ3) is 5.52. The molecule has 3 rings (SSSR count). The normalized spacial score (nSPS) is 28.5. The Hall–Kier alpha value is -1.93. The van der Waals surface area contributed by atoms with Crippen LogP contribution in [0.1, 0.15) is 68.6 Å². The third-order valence-corrected chi connectivity index (χ3v) is 5.45. The van der Waals surface area contributed by atoms with Gasteiger partial charge in [-0.25, -0.2) is 4.98 Å². The molecule has 5 N–H and O–H groups in total. The van der Waals surface area contributed by atoms with Crippen LogP contribution in [0.2, 0.25) is 0 Å². The number of rotatable bonds is 7. The van der Waals surface area contributed by atoms with Crippen molar-refractivity contribution >= 4 is 17.7 Å². The molecular weight excluding hydrogens is 346 g/mol. The Balaban J connectivity index is 1.65. The largest absolute Gasteiger partial charge is 0.393 e. The number of amides is 1. The lowest BCUT2D eigenvalue weighted by Crippen LogP contribution is -2.32. The zero-order valence-electron chi connectivity index (χ0n) is 16.0. The summed E-state index contributed by atoms with van der Waals surface area (Å²) in [4.78, 5) is 20.5. The third-order valence-electron chi connectivity index (χ3n) is 5.45. The highest BCUT2D eigenvalue weighted by Crippen LogP contribution is 2.26. The number of aromatic nitrogens is 2. The first-order chi connectivity index (χ1) is 13.0. The van der Waals surface area contributed by atoms with Gasteiger partial charge in [0.15, 0.2) is 0 Å². The quantitative estimate of drug-likeness (QED) is 0.573. The number of anilines is 2. The Bertz CT molecular complexity index is 634. The van der Waals surface area contributed by atoms with Gasteiger partial charge in [-0.2, -0.15) is 4.98 Å². The summed E-state index contributed by atoms with van der Waals surface area (Å²) in [6, 6.07) is 0.377. The van der Waals surface area contributed by atoms with Crippen molar-refractivity contribution in [2.75, 3.05) is 17.2 Å². The van der Waals surface area contributed by atoms with Crippen molar-refractivity contribution in [1.82, 2.24) is 9.97 Å². The molecule has 0 aromatic carbocycles. The van der Waals surface area contributed by atoms with Crippen molar-refractivity contribution in [3.05, 3.63) is 11.8 Å². The summed E-state index contributed by atoms with van der Waals surface area (Å²) in [5.74, 6) is 0.387. The number of primary amides is 1. The minimum atomic E-state index is -0.558. The lowest BCUT2D eigenvalue weighted by atomic mass is 9.93. The smallest absolute Gasteiger partial charge is 0.254 e. The summed E-state index contributed by atoms with van der Waals surface area (Å²) in [6.07, 6.45) is 8.92. The van der Waals surface area contributed by atoms with E-state index in [2.05, 4.69) is 20.6 Å². The van der Waals surface area contributed by atoms with Gasteiger partial charge in [-0.15, -0.1) is 0 Å². The van der Waals surface area contributed by atoms with E-state index in [0.29, 0.717) is 30.3 Å². The van der Waals surface area contributed by atoms with E-state index in [1.54, 1.807) is 0 Å². The Kier molecular flexibility index (Phi) is 6.84. The van der Waals surface area contributed by atoms with E-state index in [1.807, 2.05) is 6.92 Å². The summed E-state index contributed by atoms with van der Waals surface area (Å²) in [5.41, 5.74) is 5.76. The first-order valence-electron chi connectivity index (χ1n) is 10.0. The molecule has 1 amide bonds. The molecule has 150 valence electrons. The number of carbonyl (C=O) groups excluding carboxylic acids is 1. The Morgan fingerprint density at radius 2 is 2.00 bits per heavy atom. The molecule has 2 aliphatic carbocycles. The number of hydrogen-bond donors (Lipinski definition) is 4. The lowest BCUT2D eigenvalue weighted by molar-refractivity contribution is 0.0346. The molecule has 0 spiro atoms. The first kappa shape index (κ1) is 19.8. The minimum absolute atomic E-state index is 0.0798. The molecule has 8 nitrogen and oxygen atoms in total. The zero-order chi connectivity index (χ0) is 19.2. The maximum absolute atomic E-state index is 11.7. The van der Waals surface area contributed by atoms with E-state index in [-0.39, 0.29) is 17.7 Å². The van der Waals surface area contributed by atoms with Gasteiger partial charge in [0.25, 0.3) is 5.91 Å². The van der Waals surface area contributed by atoms with Gasteiger partial charge >= 0.3 is 0 Å². The predicted octanol–water partition coefficient (Wildman–Crippen LogP) is 2.05. The first-order valence-corrected chi connectivity index (χ1v) is 10.0. The molecule has 0 radical (unpaired) electrons. The Labute approximate surface area is 160 Å². The van der Waals surface area contributed by atoms with Crippen LogP contribution in [0.3, 0.4) is 0 Å². The fourth-order valence-electron chi connectivity index (χ4n) is 4.02. The van der Waals surface area contributed by atoms with Gasteiger partial charge in [0.2, 0.25) is 5.95 Å². The molecule has 2 fully saturated rings. The number of ether oxygens (including phenoxy) is 1. The molecule has 2 saturated carbocycles. The number of hydrogen-bond acceptors (Lipinski definition) is 7. The molecule has 0 aliphatic heterocycles. The van der Waals surface area contributed by atoms with Gasteiger partial charge in [-0.05, 0) is 58.3 Å². The summed E-state index contributed by atoms with van der Waals surface area (Å²) in [6.45, 7) is 2.78. The van der Waals surface area contributed by atoms with E-state index in [1.165, 1.54) is 6.20 Å². The SMILES string of the molecule is CCOC1CCC(Nc2ncc(C(N)=O)c(N[C@H]3CCCC(O)C3)n2)CC1. The summed E-state index contributed by atoms with van der Waals surface area (Å²) in [5, 5.41) is 16.5. The molecule has 0 saturated heterocycles. The van der Waals surface area contributed by atoms with E-state index in [9.17, 15) is 9.90 Å². The van der Waals surface area contributed by atoms with Crippen LogP contribution in [-0.2, 0) is 4.74 Å². The van der Waals surface area contributed by atoms with Gasteiger partial charge in [0.05, 0.1) is 17.8 Å². The van der Waals surface area contributed by atoms with Crippen LogP contribution in [0.15, 0.2) is 6.20 Å². The number of nitrogens with one attached hydrogen (secondary N) is 2. The van der Waals surface area contributed by atoms with Crippen LogP contribution in [0.4, 0.5) is 11.8 Å². The van der Waals surface area contributed by atoms with Crippen LogP contribution >= 0.6 is 0 Å². The maximum atomic E-state index is 11.7. The van der Waals surface area contributed by atoms with Crippen molar-refractivity contribution in [2.45, 2.75) is 82.6 Å². The summed E-state index contributed by atoms with van der Waals surface area (Å²) >= 11 is 0. The average Bonchev–Trinajstić information content (AvgIpc) is 2.63. The lowest BCUT2D eigenvalue weighted by Gasteiger charge is -2.29. The van der Waals surface area contributed by atoms with Gasteiger partial charge < -0.3 is 26.2 Å². The fraction of sp³-hybridized carbons (Fsp3) is 0.737. The van der Waals surface area contributed by atoms with Crippen molar-refractivity contribution in [1.29, 1.82) is 0 Å². The second-order valence-electron chi connectivity index (χ2n) is 7.56. The number of carbonyl (C=O) groups is 1. The summed E-state index contributed by atoms with van der Waals surface area (Å²) < 4.78 is 5.69. The number of aliphatic hydroxyl groups excluding tert-OH is 1.